The molecular formula is C24H26N4O. The lowest BCUT2D eigenvalue weighted by atomic mass is 10.0. The molecule has 29 heavy (non-hydrogen) atoms. The summed E-state index contributed by atoms with van der Waals surface area (Å²) < 4.78 is 0. The highest BCUT2D eigenvalue weighted by Crippen LogP contribution is 2.33. The Balaban J connectivity index is 1.66. The van der Waals surface area contributed by atoms with Crippen molar-refractivity contribution in [3.8, 4) is 0 Å². The fraction of sp³-hybridized carbons (Fsp3) is 0.292. The zero-order valence-electron chi connectivity index (χ0n) is 17.7. The Labute approximate surface area is 172 Å². The Morgan fingerprint density at radius 2 is 1.69 bits per heavy atom. The van der Waals surface area contributed by atoms with E-state index in [1.54, 1.807) is 11.9 Å². The van der Waals surface area contributed by atoms with E-state index < -0.39 is 0 Å². The maximum atomic E-state index is 13.1. The van der Waals surface area contributed by atoms with Crippen LogP contribution in [-0.2, 0) is 13.0 Å². The van der Waals surface area contributed by atoms with Crippen LogP contribution in [0, 0.1) is 27.7 Å². The van der Waals surface area contributed by atoms with Gasteiger partial charge in [-0.25, -0.2) is 14.8 Å². The van der Waals surface area contributed by atoms with E-state index in [4.69, 9.17) is 4.98 Å². The molecule has 2 heterocycles. The molecule has 0 N–H and O–H groups in total. The predicted octanol–water partition coefficient (Wildman–Crippen LogP) is 4.88. The number of aryl methyl sites for hydroxylation is 4. The molecule has 0 unspecified atom stereocenters. The van der Waals surface area contributed by atoms with Crippen molar-refractivity contribution in [2.75, 3.05) is 16.8 Å². The predicted molar refractivity (Wildman–Crippen MR) is 117 cm³/mol. The number of carbonyl (C=O) groups is 1. The topological polar surface area (TPSA) is 49.3 Å². The van der Waals surface area contributed by atoms with Crippen molar-refractivity contribution in [3.05, 3.63) is 81.8 Å². The van der Waals surface area contributed by atoms with E-state index in [0.717, 1.165) is 28.2 Å². The molecule has 0 radical (unpaired) electrons. The largest absolute Gasteiger partial charge is 0.330 e. The number of para-hydroxylation sites is 1. The number of fused-ring (bicyclic) bond motifs is 1. The van der Waals surface area contributed by atoms with Crippen molar-refractivity contribution in [2.45, 2.75) is 40.7 Å². The molecule has 1 aliphatic rings. The summed E-state index contributed by atoms with van der Waals surface area (Å²) in [6.45, 7) is 8.77. The maximum Gasteiger partial charge on any atom is 0.330 e. The third kappa shape index (κ3) is 3.48. The van der Waals surface area contributed by atoms with Crippen LogP contribution in [0.3, 0.4) is 0 Å². The van der Waals surface area contributed by atoms with Gasteiger partial charge >= 0.3 is 6.03 Å². The molecule has 0 aliphatic carbocycles. The standard InChI is InChI=1S/C24H26N4O/c1-15-9-10-19(11-18(15)4)12-21-25-13-20-14-28(24(29)27(5)23(20)26-21)22-16(2)7-6-8-17(22)3/h6-11,13H,12,14H2,1-5H3. The van der Waals surface area contributed by atoms with Gasteiger partial charge < -0.3 is 0 Å². The van der Waals surface area contributed by atoms with E-state index in [1.165, 1.54) is 16.7 Å². The van der Waals surface area contributed by atoms with Gasteiger partial charge in [-0.2, -0.15) is 0 Å². The van der Waals surface area contributed by atoms with Gasteiger partial charge in [0.05, 0.1) is 12.2 Å². The van der Waals surface area contributed by atoms with Gasteiger partial charge in [0.25, 0.3) is 0 Å². The normalized spacial score (nSPS) is 13.6. The smallest absolute Gasteiger partial charge is 0.289 e. The van der Waals surface area contributed by atoms with Crippen molar-refractivity contribution in [1.82, 2.24) is 9.97 Å². The first-order valence-electron chi connectivity index (χ1n) is 9.87. The number of carbonyl (C=O) groups excluding carboxylic acids is 1. The third-order valence-corrected chi connectivity index (χ3v) is 5.70. The minimum absolute atomic E-state index is 0.0641. The van der Waals surface area contributed by atoms with Gasteiger partial charge in [0.2, 0.25) is 0 Å². The molecular weight excluding hydrogens is 360 g/mol. The minimum Gasteiger partial charge on any atom is -0.289 e. The lowest BCUT2D eigenvalue weighted by molar-refractivity contribution is 0.251. The van der Waals surface area contributed by atoms with Crippen LogP contribution in [0.4, 0.5) is 16.3 Å². The van der Waals surface area contributed by atoms with Crippen molar-refractivity contribution in [3.63, 3.8) is 0 Å². The molecule has 1 aliphatic heterocycles. The molecule has 0 saturated heterocycles. The Morgan fingerprint density at radius 1 is 0.966 bits per heavy atom. The number of nitrogens with zero attached hydrogens (tertiary/aromatic N) is 4. The Hall–Kier alpha value is -3.21. The van der Waals surface area contributed by atoms with Crippen LogP contribution in [0.1, 0.15) is 39.2 Å². The first-order chi connectivity index (χ1) is 13.8. The zero-order chi connectivity index (χ0) is 20.7. The van der Waals surface area contributed by atoms with Gasteiger partial charge in [0, 0.05) is 25.2 Å². The van der Waals surface area contributed by atoms with E-state index in [1.807, 2.05) is 43.1 Å². The van der Waals surface area contributed by atoms with Gasteiger partial charge in [0.15, 0.2) is 0 Å². The monoisotopic (exact) mass is 386 g/mol. The van der Waals surface area contributed by atoms with Crippen LogP contribution in [0.25, 0.3) is 0 Å². The fourth-order valence-corrected chi connectivity index (χ4v) is 3.93. The average Bonchev–Trinajstić information content (AvgIpc) is 2.69. The molecule has 148 valence electrons. The van der Waals surface area contributed by atoms with E-state index in [9.17, 15) is 4.79 Å². The first-order valence-corrected chi connectivity index (χ1v) is 9.87. The first kappa shape index (κ1) is 19.1. The number of hydrogen-bond acceptors (Lipinski definition) is 3. The van der Waals surface area contributed by atoms with Crippen LogP contribution in [0.2, 0.25) is 0 Å². The molecule has 0 bridgehead atoms. The molecule has 4 rings (SSSR count). The second-order valence-electron chi connectivity index (χ2n) is 7.90. The van der Waals surface area contributed by atoms with E-state index >= 15 is 0 Å². The number of amides is 2. The number of urea groups is 1. The molecule has 0 spiro atoms. The number of hydrogen-bond donors (Lipinski definition) is 0. The van der Waals surface area contributed by atoms with Gasteiger partial charge in [0.1, 0.15) is 11.6 Å². The van der Waals surface area contributed by atoms with Gasteiger partial charge in [-0.05, 0) is 55.5 Å². The van der Waals surface area contributed by atoms with Crippen LogP contribution >= 0.6 is 0 Å². The molecule has 2 amide bonds. The number of rotatable bonds is 3. The summed E-state index contributed by atoms with van der Waals surface area (Å²) in [6.07, 6.45) is 2.51. The fourth-order valence-electron chi connectivity index (χ4n) is 3.93. The summed E-state index contributed by atoms with van der Waals surface area (Å²) >= 11 is 0. The van der Waals surface area contributed by atoms with Crippen LogP contribution in [0.5, 0.6) is 0 Å². The molecule has 0 saturated carbocycles. The Kier molecular flexibility index (Phi) is 4.82. The molecule has 3 aromatic rings. The zero-order valence-corrected chi connectivity index (χ0v) is 17.7. The summed E-state index contributed by atoms with van der Waals surface area (Å²) in [5, 5.41) is 0. The highest BCUT2D eigenvalue weighted by molar-refractivity contribution is 6.05. The van der Waals surface area contributed by atoms with Crippen molar-refractivity contribution >= 4 is 17.5 Å². The Bertz CT molecular complexity index is 1090. The van der Waals surface area contributed by atoms with Crippen LogP contribution in [0.15, 0.2) is 42.6 Å². The molecule has 0 fully saturated rings. The molecule has 5 heteroatoms. The van der Waals surface area contributed by atoms with Crippen molar-refractivity contribution in [1.29, 1.82) is 0 Å². The minimum atomic E-state index is -0.0641. The van der Waals surface area contributed by atoms with E-state index in [0.29, 0.717) is 18.8 Å². The number of benzene rings is 2. The van der Waals surface area contributed by atoms with E-state index in [2.05, 4.69) is 37.0 Å². The Morgan fingerprint density at radius 3 is 2.38 bits per heavy atom. The average molecular weight is 386 g/mol. The third-order valence-electron chi connectivity index (χ3n) is 5.70. The van der Waals surface area contributed by atoms with Gasteiger partial charge in [-0.3, -0.25) is 9.80 Å². The summed E-state index contributed by atoms with van der Waals surface area (Å²) in [7, 11) is 1.79. The second kappa shape index (κ2) is 7.32. The molecule has 1 aromatic heterocycles. The maximum absolute atomic E-state index is 13.1. The lowest BCUT2D eigenvalue weighted by Gasteiger charge is -2.35. The van der Waals surface area contributed by atoms with Crippen molar-refractivity contribution < 1.29 is 4.79 Å². The summed E-state index contributed by atoms with van der Waals surface area (Å²) in [4.78, 5) is 25.9. The molecule has 0 atom stereocenters. The summed E-state index contributed by atoms with van der Waals surface area (Å²) in [6, 6.07) is 12.4. The van der Waals surface area contributed by atoms with Crippen LogP contribution < -0.4 is 9.80 Å². The lowest BCUT2D eigenvalue weighted by Crippen LogP contribution is -2.46. The van der Waals surface area contributed by atoms with Gasteiger partial charge in [-0.15, -0.1) is 0 Å². The van der Waals surface area contributed by atoms with Crippen LogP contribution in [-0.4, -0.2) is 23.0 Å². The number of anilines is 2. The van der Waals surface area contributed by atoms with Gasteiger partial charge in [-0.1, -0.05) is 36.4 Å². The second-order valence-corrected chi connectivity index (χ2v) is 7.90. The van der Waals surface area contributed by atoms with Crippen molar-refractivity contribution in [2.24, 2.45) is 0 Å². The molecule has 2 aromatic carbocycles. The van der Waals surface area contributed by atoms with E-state index in [-0.39, 0.29) is 6.03 Å². The highest BCUT2D eigenvalue weighted by atomic mass is 16.2. The number of aromatic nitrogens is 2. The summed E-state index contributed by atoms with van der Waals surface area (Å²) in [5.74, 6) is 1.43. The highest BCUT2D eigenvalue weighted by Gasteiger charge is 2.32. The molecule has 5 nitrogen and oxygen atoms in total. The quantitative estimate of drug-likeness (QED) is 0.645. The SMILES string of the molecule is Cc1ccc(Cc2ncc3c(n2)N(C)C(=O)N(c2c(C)cccc2C)C3)cc1C. The summed E-state index contributed by atoms with van der Waals surface area (Å²) in [5.41, 5.74) is 7.81.